The van der Waals surface area contributed by atoms with E-state index in [1.807, 2.05) is 32.5 Å². The fraction of sp³-hybridized carbons (Fsp3) is 0.436. The Bertz CT molecular complexity index is 2090. The number of carboxylic acid groups (broad SMARTS) is 1. The average molecular weight is 778 g/mol. The molecule has 286 valence electrons. The monoisotopic (exact) mass is 776 g/mol. The van der Waals surface area contributed by atoms with Gasteiger partial charge in [-0.1, -0.05) is 61.3 Å². The van der Waals surface area contributed by atoms with Crippen LogP contribution in [0.2, 0.25) is 10.0 Å². The van der Waals surface area contributed by atoms with Crippen molar-refractivity contribution >= 4 is 58.1 Å². The summed E-state index contributed by atoms with van der Waals surface area (Å²) in [4.78, 5) is 63.9. The highest BCUT2D eigenvalue weighted by atomic mass is 35.5. The second kappa shape index (κ2) is 16.8. The highest BCUT2D eigenvalue weighted by Crippen LogP contribution is 2.40. The number of imidazole rings is 2. The van der Waals surface area contributed by atoms with Crippen molar-refractivity contribution in [2.75, 3.05) is 36.8 Å². The van der Waals surface area contributed by atoms with Crippen LogP contribution in [-0.4, -0.2) is 83.8 Å². The number of amides is 2. The van der Waals surface area contributed by atoms with Crippen LogP contribution in [-0.2, 0) is 49.6 Å². The highest BCUT2D eigenvalue weighted by molar-refractivity contribution is 6.40. The molecule has 0 aliphatic carbocycles. The molecule has 13 nitrogen and oxygen atoms in total. The number of aromatic nitrogens is 4. The Kier molecular flexibility index (Phi) is 12.2. The molecule has 2 aliphatic rings. The number of ketones is 1. The lowest BCUT2D eigenvalue weighted by Gasteiger charge is -2.26. The number of benzene rings is 2. The van der Waals surface area contributed by atoms with Crippen LogP contribution in [0.1, 0.15) is 83.5 Å². The molecular weight excluding hydrogens is 731 g/mol. The smallest absolute Gasteiger partial charge is 0.303 e. The fourth-order valence-electron chi connectivity index (χ4n) is 7.20. The molecule has 15 heteroatoms. The quantitative estimate of drug-likeness (QED) is 0.135. The molecule has 4 aromatic rings. The van der Waals surface area contributed by atoms with Crippen molar-refractivity contribution in [3.63, 3.8) is 0 Å². The van der Waals surface area contributed by atoms with E-state index >= 15 is 0 Å². The van der Waals surface area contributed by atoms with E-state index in [0.717, 1.165) is 55.3 Å². The lowest BCUT2D eigenvalue weighted by Crippen LogP contribution is -2.32. The number of nitrogens with one attached hydrogen (secondary N) is 2. The van der Waals surface area contributed by atoms with Gasteiger partial charge in [0.25, 0.3) is 11.8 Å². The number of carbonyl (C=O) groups is 4. The third-order valence-corrected chi connectivity index (χ3v) is 11.1. The molecule has 0 fully saturated rings. The topological polar surface area (TPSA) is 155 Å². The maximum Gasteiger partial charge on any atom is 0.303 e. The zero-order chi connectivity index (χ0) is 38.7. The van der Waals surface area contributed by atoms with Crippen LogP contribution in [0, 0.1) is 5.92 Å². The third-order valence-electron chi connectivity index (χ3n) is 10.3. The summed E-state index contributed by atoms with van der Waals surface area (Å²) in [6, 6.07) is 10.5. The van der Waals surface area contributed by atoms with Gasteiger partial charge in [0.2, 0.25) is 0 Å². The molecule has 54 heavy (non-hydrogen) atoms. The van der Waals surface area contributed by atoms with Crippen LogP contribution >= 0.6 is 23.2 Å². The number of fused-ring (bicyclic) bond motifs is 2. The molecule has 0 unspecified atom stereocenters. The Morgan fingerprint density at radius 1 is 0.741 bits per heavy atom. The van der Waals surface area contributed by atoms with Crippen LogP contribution in [0.25, 0.3) is 11.1 Å². The van der Waals surface area contributed by atoms with E-state index < -0.39 is 17.8 Å². The summed E-state index contributed by atoms with van der Waals surface area (Å²) in [6.07, 6.45) is 3.47. The Labute approximate surface area is 324 Å². The van der Waals surface area contributed by atoms with Crippen molar-refractivity contribution in [1.82, 2.24) is 28.9 Å². The number of rotatable bonds is 14. The van der Waals surface area contributed by atoms with Crippen molar-refractivity contribution in [1.29, 1.82) is 0 Å². The van der Waals surface area contributed by atoms with Gasteiger partial charge in [0, 0.05) is 94.4 Å². The summed E-state index contributed by atoms with van der Waals surface area (Å²) in [5, 5.41) is 15.4. The molecule has 4 heterocycles. The zero-order valence-electron chi connectivity index (χ0n) is 31.0. The van der Waals surface area contributed by atoms with Gasteiger partial charge in [-0.3, -0.25) is 29.0 Å². The minimum atomic E-state index is -0.815. The third kappa shape index (κ3) is 8.54. The first kappa shape index (κ1) is 39.1. The molecule has 2 amide bonds. The van der Waals surface area contributed by atoms with E-state index in [9.17, 15) is 19.2 Å². The molecule has 2 aromatic heterocycles. The minimum absolute atomic E-state index is 0.0437. The first-order chi connectivity index (χ1) is 25.8. The van der Waals surface area contributed by atoms with Gasteiger partial charge in [-0.15, -0.1) is 0 Å². The van der Waals surface area contributed by atoms with E-state index in [2.05, 4.69) is 25.4 Å². The molecular formula is C39H46Cl2N8O5. The standard InChI is InChI=1S/C39H46Cl2N8O5/c1-23(2)32(50)13-7-17-48-19-15-30-28(21-48)42-36(46(30)3)38(53)44-26-11-5-9-24(34(26)40)25-10-6-12-27(35(25)41)45-39(54)37-43-29-22-49(18-8-14-33(51)52)20-16-31(29)47(37)4/h5-6,9-12,23H,7-8,13-22H2,1-4H3,(H,44,53)(H,45,54)(H,51,52). The summed E-state index contributed by atoms with van der Waals surface area (Å²) in [6.45, 7) is 8.05. The summed E-state index contributed by atoms with van der Waals surface area (Å²) in [5.74, 6) is -0.783. The van der Waals surface area contributed by atoms with Gasteiger partial charge in [-0.05, 0) is 38.1 Å². The molecule has 6 rings (SSSR count). The van der Waals surface area contributed by atoms with Crippen LogP contribution < -0.4 is 10.6 Å². The fourth-order valence-corrected chi connectivity index (χ4v) is 7.75. The number of carboxylic acids is 1. The Morgan fingerprint density at radius 2 is 1.19 bits per heavy atom. The van der Waals surface area contributed by atoms with E-state index in [1.54, 1.807) is 41.0 Å². The van der Waals surface area contributed by atoms with Crippen molar-refractivity contribution in [3.05, 3.63) is 80.9 Å². The number of Topliss-reactive ketones (excluding diaryl/α,β-unsaturated/α-hetero) is 1. The minimum Gasteiger partial charge on any atom is -0.481 e. The lowest BCUT2D eigenvalue weighted by atomic mass is 10.0. The van der Waals surface area contributed by atoms with E-state index in [0.29, 0.717) is 61.4 Å². The SMILES string of the molecule is CC(C)C(=O)CCCN1CCc2c(nc(C(=O)Nc3cccc(-c4cccc(NC(=O)c5nc6c(n5C)CCN(CCCC(=O)O)C6)c4Cl)c3Cl)n2C)C1. The second-order valence-electron chi connectivity index (χ2n) is 14.3. The van der Waals surface area contributed by atoms with E-state index in [-0.39, 0.29) is 39.8 Å². The maximum absolute atomic E-state index is 13.6. The molecule has 0 radical (unpaired) electrons. The molecule has 0 bridgehead atoms. The summed E-state index contributed by atoms with van der Waals surface area (Å²) >= 11 is 13.8. The lowest BCUT2D eigenvalue weighted by molar-refractivity contribution is -0.137. The van der Waals surface area contributed by atoms with Crippen LogP contribution in [0.4, 0.5) is 11.4 Å². The largest absolute Gasteiger partial charge is 0.481 e. The van der Waals surface area contributed by atoms with E-state index in [1.165, 1.54) is 0 Å². The number of halogens is 2. The van der Waals surface area contributed by atoms with Gasteiger partial charge in [0.15, 0.2) is 11.6 Å². The Morgan fingerprint density at radius 3 is 1.61 bits per heavy atom. The predicted molar refractivity (Wildman–Crippen MR) is 208 cm³/mol. The van der Waals surface area contributed by atoms with Crippen molar-refractivity contribution < 1.29 is 24.3 Å². The first-order valence-electron chi connectivity index (χ1n) is 18.3. The van der Waals surface area contributed by atoms with Gasteiger partial charge in [0.1, 0.15) is 5.78 Å². The number of hydrogen-bond acceptors (Lipinski definition) is 8. The second-order valence-corrected chi connectivity index (χ2v) is 15.0. The number of anilines is 2. The molecule has 0 atom stereocenters. The molecule has 0 spiro atoms. The van der Waals surface area contributed by atoms with Crippen LogP contribution in [0.3, 0.4) is 0 Å². The molecule has 0 saturated heterocycles. The summed E-state index contributed by atoms with van der Waals surface area (Å²) in [5.41, 5.74) is 5.53. The van der Waals surface area contributed by atoms with Gasteiger partial charge in [0.05, 0.1) is 32.8 Å². The number of carbonyl (C=O) groups excluding carboxylic acids is 3. The summed E-state index contributed by atoms with van der Waals surface area (Å²) < 4.78 is 3.63. The van der Waals surface area contributed by atoms with Crippen LogP contribution in [0.5, 0.6) is 0 Å². The van der Waals surface area contributed by atoms with Gasteiger partial charge in [-0.25, -0.2) is 9.97 Å². The predicted octanol–water partition coefficient (Wildman–Crippen LogP) is 6.22. The summed E-state index contributed by atoms with van der Waals surface area (Å²) in [7, 11) is 3.66. The Hall–Kier alpha value is -4.56. The molecule has 2 aliphatic heterocycles. The molecule has 2 aromatic carbocycles. The van der Waals surface area contributed by atoms with E-state index in [4.69, 9.17) is 33.3 Å². The number of hydrogen-bond donors (Lipinski definition) is 3. The van der Waals surface area contributed by atoms with Gasteiger partial charge < -0.3 is 24.9 Å². The molecule has 0 saturated carbocycles. The van der Waals surface area contributed by atoms with Gasteiger partial charge >= 0.3 is 5.97 Å². The number of aliphatic carboxylic acids is 1. The normalized spacial score (nSPS) is 14.5. The number of nitrogens with zero attached hydrogens (tertiary/aromatic N) is 6. The average Bonchev–Trinajstić information content (AvgIpc) is 3.65. The first-order valence-corrected chi connectivity index (χ1v) is 19.1. The van der Waals surface area contributed by atoms with Crippen molar-refractivity contribution in [2.45, 2.75) is 65.5 Å². The highest BCUT2D eigenvalue weighted by Gasteiger charge is 2.28. The Balaban J connectivity index is 1.13. The van der Waals surface area contributed by atoms with Gasteiger partial charge in [-0.2, -0.15) is 0 Å². The zero-order valence-corrected chi connectivity index (χ0v) is 32.6. The van der Waals surface area contributed by atoms with Crippen molar-refractivity contribution in [2.24, 2.45) is 20.0 Å². The van der Waals surface area contributed by atoms with Crippen molar-refractivity contribution in [3.8, 4) is 11.1 Å². The van der Waals surface area contributed by atoms with Crippen LogP contribution in [0.15, 0.2) is 36.4 Å². The maximum atomic E-state index is 13.6. The molecule has 3 N–H and O–H groups in total.